The molecule has 3 N–H and O–H groups in total. The van der Waals surface area contributed by atoms with Gasteiger partial charge >= 0.3 is 12.0 Å². The Balaban J connectivity index is 1.43. The van der Waals surface area contributed by atoms with Gasteiger partial charge in [0.05, 0.1) is 16.5 Å². The lowest BCUT2D eigenvalue weighted by Crippen LogP contribution is -2.31. The predicted molar refractivity (Wildman–Crippen MR) is 144 cm³/mol. The Hall–Kier alpha value is -4.59. The first-order valence-electron chi connectivity index (χ1n) is 12.5. The summed E-state index contributed by atoms with van der Waals surface area (Å²) in [5.41, 5.74) is 1.39. The van der Waals surface area contributed by atoms with Gasteiger partial charge in [0.25, 0.3) is 0 Å². The first-order valence-corrected chi connectivity index (χ1v) is 12.5. The van der Waals surface area contributed by atoms with Gasteiger partial charge in [0.15, 0.2) is 5.78 Å². The SMILES string of the molecule is CC(C)(C)C(=O)On1c(O)c(C(=O)c2ccccc2)c2ccc(NC(=O)N[C@H]3C[C@@H]3c3ccccc3)cc21. The molecule has 0 unspecified atom stereocenters. The van der Waals surface area contributed by atoms with E-state index in [1.54, 1.807) is 69.3 Å². The van der Waals surface area contributed by atoms with Gasteiger partial charge in [-0.1, -0.05) is 60.7 Å². The number of carbonyl (C=O) groups is 3. The quantitative estimate of drug-likeness (QED) is 0.306. The summed E-state index contributed by atoms with van der Waals surface area (Å²) in [6.07, 6.45) is 0.862. The van der Waals surface area contributed by atoms with Crippen LogP contribution < -0.4 is 15.5 Å². The Bertz CT molecular complexity index is 1520. The molecule has 5 rings (SSSR count). The van der Waals surface area contributed by atoms with Crippen LogP contribution in [0.1, 0.15) is 54.6 Å². The first kappa shape index (κ1) is 25.1. The number of aromatic hydroxyl groups is 1. The molecule has 2 amide bonds. The van der Waals surface area contributed by atoms with Crippen LogP contribution in [-0.2, 0) is 4.79 Å². The summed E-state index contributed by atoms with van der Waals surface area (Å²) in [6.45, 7) is 5.06. The van der Waals surface area contributed by atoms with E-state index >= 15 is 0 Å². The highest BCUT2D eigenvalue weighted by atomic mass is 16.7. The fourth-order valence-corrected chi connectivity index (χ4v) is 4.35. The van der Waals surface area contributed by atoms with E-state index in [9.17, 15) is 19.5 Å². The third-order valence-electron chi connectivity index (χ3n) is 6.54. The lowest BCUT2D eigenvalue weighted by atomic mass is 9.98. The van der Waals surface area contributed by atoms with Crippen molar-refractivity contribution in [3.8, 4) is 5.88 Å². The van der Waals surface area contributed by atoms with E-state index in [4.69, 9.17) is 4.84 Å². The number of nitrogens with one attached hydrogen (secondary N) is 2. The van der Waals surface area contributed by atoms with Gasteiger partial charge in [0.1, 0.15) is 0 Å². The van der Waals surface area contributed by atoms with Crippen molar-refractivity contribution in [2.45, 2.75) is 39.2 Å². The molecule has 0 aliphatic heterocycles. The number of aromatic nitrogens is 1. The fraction of sp³-hybridized carbons (Fsp3) is 0.233. The minimum absolute atomic E-state index is 0.00703. The van der Waals surface area contributed by atoms with Crippen LogP contribution in [0, 0.1) is 5.41 Å². The van der Waals surface area contributed by atoms with Crippen molar-refractivity contribution in [3.05, 3.63) is 95.6 Å². The normalized spacial score (nSPS) is 16.6. The van der Waals surface area contributed by atoms with Crippen LogP contribution in [-0.4, -0.2) is 33.7 Å². The van der Waals surface area contributed by atoms with Gasteiger partial charge in [-0.3, -0.25) is 4.79 Å². The van der Waals surface area contributed by atoms with Crippen LogP contribution in [0.2, 0.25) is 0 Å². The van der Waals surface area contributed by atoms with E-state index in [0.717, 1.165) is 11.2 Å². The Morgan fingerprint density at radius 1 is 0.947 bits per heavy atom. The Labute approximate surface area is 220 Å². The first-order chi connectivity index (χ1) is 18.1. The number of ketones is 1. The number of carbonyl (C=O) groups excluding carboxylic acids is 3. The summed E-state index contributed by atoms with van der Waals surface area (Å²) in [7, 11) is 0. The number of anilines is 1. The Kier molecular flexibility index (Phi) is 6.40. The number of fused-ring (bicyclic) bond motifs is 1. The number of amides is 2. The zero-order valence-corrected chi connectivity index (χ0v) is 21.4. The largest absolute Gasteiger partial charge is 0.492 e. The zero-order chi connectivity index (χ0) is 27.0. The molecule has 0 spiro atoms. The Morgan fingerprint density at radius 3 is 2.26 bits per heavy atom. The molecule has 0 bridgehead atoms. The fourth-order valence-electron chi connectivity index (χ4n) is 4.35. The highest BCUT2D eigenvalue weighted by Crippen LogP contribution is 2.40. The van der Waals surface area contributed by atoms with E-state index in [1.807, 2.05) is 30.3 Å². The molecule has 1 heterocycles. The molecule has 0 radical (unpaired) electrons. The van der Waals surface area contributed by atoms with Gasteiger partial charge < -0.3 is 20.6 Å². The van der Waals surface area contributed by atoms with Crippen molar-refractivity contribution in [2.24, 2.45) is 5.41 Å². The molecular formula is C30H29N3O5. The van der Waals surface area contributed by atoms with Crippen molar-refractivity contribution in [1.82, 2.24) is 10.0 Å². The topological polar surface area (TPSA) is 110 Å². The highest BCUT2D eigenvalue weighted by molar-refractivity contribution is 6.18. The summed E-state index contributed by atoms with van der Waals surface area (Å²) in [4.78, 5) is 44.3. The lowest BCUT2D eigenvalue weighted by Gasteiger charge is -2.17. The summed E-state index contributed by atoms with van der Waals surface area (Å²) in [5.74, 6) is -1.23. The van der Waals surface area contributed by atoms with E-state index in [-0.39, 0.29) is 29.1 Å². The second kappa shape index (κ2) is 9.70. The molecule has 2 atom stereocenters. The number of hydrogen-bond acceptors (Lipinski definition) is 5. The molecule has 1 fully saturated rings. The van der Waals surface area contributed by atoms with Crippen molar-refractivity contribution < 1.29 is 24.3 Å². The van der Waals surface area contributed by atoms with Crippen LogP contribution in [0.25, 0.3) is 10.9 Å². The highest BCUT2D eigenvalue weighted by Gasteiger charge is 2.39. The molecular weight excluding hydrogens is 482 g/mol. The van der Waals surface area contributed by atoms with E-state index in [2.05, 4.69) is 10.6 Å². The van der Waals surface area contributed by atoms with Crippen LogP contribution >= 0.6 is 0 Å². The van der Waals surface area contributed by atoms with Crippen molar-refractivity contribution in [3.63, 3.8) is 0 Å². The van der Waals surface area contributed by atoms with Gasteiger partial charge in [-0.25, -0.2) is 9.59 Å². The second-order valence-corrected chi connectivity index (χ2v) is 10.5. The van der Waals surface area contributed by atoms with Crippen LogP contribution in [0.5, 0.6) is 5.88 Å². The third-order valence-corrected chi connectivity index (χ3v) is 6.54. The zero-order valence-electron chi connectivity index (χ0n) is 21.4. The van der Waals surface area contributed by atoms with Gasteiger partial charge in [0, 0.05) is 28.6 Å². The van der Waals surface area contributed by atoms with Crippen molar-refractivity contribution in [2.75, 3.05) is 5.32 Å². The average Bonchev–Trinajstić information content (AvgIpc) is 3.61. The van der Waals surface area contributed by atoms with E-state index in [1.165, 1.54) is 5.56 Å². The summed E-state index contributed by atoms with van der Waals surface area (Å²) >= 11 is 0. The molecule has 38 heavy (non-hydrogen) atoms. The second-order valence-electron chi connectivity index (χ2n) is 10.5. The number of benzene rings is 3. The predicted octanol–water partition coefficient (Wildman–Crippen LogP) is 5.26. The number of urea groups is 1. The standard InChI is InChI=1S/C30H29N3O5/c1-30(2,3)28(36)38-33-24-16-20(31-29(37)32-23-17-22(23)18-10-6-4-7-11-18)14-15-21(24)25(27(33)35)26(34)19-12-8-5-9-13-19/h4-16,22-23,35H,17H2,1-3H3,(H2,31,32,37)/t22-,23+/m1/s1. The van der Waals surface area contributed by atoms with Crippen molar-refractivity contribution >= 4 is 34.4 Å². The number of hydrogen-bond donors (Lipinski definition) is 3. The van der Waals surface area contributed by atoms with Gasteiger partial charge in [0.2, 0.25) is 5.88 Å². The number of nitrogens with zero attached hydrogens (tertiary/aromatic N) is 1. The average molecular weight is 512 g/mol. The maximum atomic E-state index is 13.3. The van der Waals surface area contributed by atoms with Gasteiger partial charge in [-0.2, -0.15) is 0 Å². The molecule has 8 nitrogen and oxygen atoms in total. The summed E-state index contributed by atoms with van der Waals surface area (Å²) < 4.78 is 0.953. The van der Waals surface area contributed by atoms with Crippen molar-refractivity contribution in [1.29, 1.82) is 0 Å². The number of rotatable bonds is 6. The van der Waals surface area contributed by atoms with E-state index < -0.39 is 23.0 Å². The molecule has 1 aromatic heterocycles. The van der Waals surface area contributed by atoms with Crippen LogP contribution in [0.15, 0.2) is 78.9 Å². The van der Waals surface area contributed by atoms with Gasteiger partial charge in [-0.05, 0) is 51.0 Å². The van der Waals surface area contributed by atoms with Crippen LogP contribution in [0.4, 0.5) is 10.5 Å². The maximum absolute atomic E-state index is 13.3. The van der Waals surface area contributed by atoms with E-state index in [0.29, 0.717) is 16.6 Å². The maximum Gasteiger partial charge on any atom is 0.338 e. The lowest BCUT2D eigenvalue weighted by molar-refractivity contribution is -0.153. The molecule has 4 aromatic rings. The summed E-state index contributed by atoms with van der Waals surface area (Å²) in [6, 6.07) is 23.0. The molecule has 194 valence electrons. The van der Waals surface area contributed by atoms with Gasteiger partial charge in [-0.15, -0.1) is 4.73 Å². The minimum atomic E-state index is -0.859. The molecule has 8 heteroatoms. The molecule has 0 saturated heterocycles. The molecule has 1 aliphatic carbocycles. The molecule has 3 aromatic carbocycles. The Morgan fingerprint density at radius 2 is 1.61 bits per heavy atom. The minimum Gasteiger partial charge on any atom is -0.492 e. The molecule has 1 aliphatic rings. The van der Waals surface area contributed by atoms with Crippen LogP contribution in [0.3, 0.4) is 0 Å². The molecule has 1 saturated carbocycles. The monoisotopic (exact) mass is 511 g/mol. The third kappa shape index (κ3) is 4.98. The summed E-state index contributed by atoms with van der Waals surface area (Å²) in [5, 5.41) is 17.2. The smallest absolute Gasteiger partial charge is 0.338 e.